The molecule has 3 rings (SSSR count). The zero-order chi connectivity index (χ0) is 17.6. The van der Waals surface area contributed by atoms with Gasteiger partial charge in [0.05, 0.1) is 24.9 Å². The van der Waals surface area contributed by atoms with E-state index < -0.39 is 0 Å². The first-order valence-corrected chi connectivity index (χ1v) is 9.95. The van der Waals surface area contributed by atoms with E-state index in [0.717, 1.165) is 26.1 Å². The van der Waals surface area contributed by atoms with Crippen molar-refractivity contribution in [3.8, 4) is 0 Å². The van der Waals surface area contributed by atoms with E-state index in [2.05, 4.69) is 67.7 Å². The standard InChI is InChI=1S/C21H26N2OS/c1-16-8-9-20(17(2)12-16)25-15-21(24)22-19-10-11-23(14-19)13-18-6-4-3-5-7-18/h3-9,12,19H,10-11,13-15H2,1-2H3,(H,22,24)/p+1/t19-/m0/s1. The van der Waals surface area contributed by atoms with Gasteiger partial charge in [-0.2, -0.15) is 0 Å². The smallest absolute Gasteiger partial charge is 0.230 e. The quantitative estimate of drug-likeness (QED) is 0.780. The molecule has 1 heterocycles. The van der Waals surface area contributed by atoms with Gasteiger partial charge in [-0.1, -0.05) is 48.0 Å². The zero-order valence-corrected chi connectivity index (χ0v) is 15.9. The van der Waals surface area contributed by atoms with Crippen LogP contribution in [-0.2, 0) is 11.3 Å². The largest absolute Gasteiger partial charge is 0.347 e. The Kier molecular flexibility index (Phi) is 6.16. The van der Waals surface area contributed by atoms with Gasteiger partial charge in [0, 0.05) is 16.9 Å². The Morgan fingerprint density at radius 3 is 2.76 bits per heavy atom. The number of carbonyl (C=O) groups excluding carboxylic acids is 1. The first-order valence-electron chi connectivity index (χ1n) is 8.97. The fraction of sp³-hybridized carbons (Fsp3) is 0.381. The second-order valence-electron chi connectivity index (χ2n) is 6.98. The van der Waals surface area contributed by atoms with Gasteiger partial charge in [-0.15, -0.1) is 11.8 Å². The summed E-state index contributed by atoms with van der Waals surface area (Å²) in [6.07, 6.45) is 1.07. The average molecular weight is 356 g/mol. The Morgan fingerprint density at radius 2 is 2.00 bits per heavy atom. The number of likely N-dealkylation sites (tertiary alicyclic amines) is 1. The summed E-state index contributed by atoms with van der Waals surface area (Å²) in [5.41, 5.74) is 3.88. The molecular formula is C21H27N2OS+. The maximum Gasteiger partial charge on any atom is 0.230 e. The van der Waals surface area contributed by atoms with E-state index in [1.54, 1.807) is 16.7 Å². The van der Waals surface area contributed by atoms with Crippen LogP contribution < -0.4 is 10.2 Å². The third-order valence-electron chi connectivity index (χ3n) is 4.73. The molecule has 1 aliphatic heterocycles. The van der Waals surface area contributed by atoms with Crippen molar-refractivity contribution in [2.24, 2.45) is 0 Å². The highest BCUT2D eigenvalue weighted by Crippen LogP contribution is 2.22. The van der Waals surface area contributed by atoms with Gasteiger partial charge in [0.2, 0.25) is 5.91 Å². The van der Waals surface area contributed by atoms with Crippen LogP contribution in [0.3, 0.4) is 0 Å². The van der Waals surface area contributed by atoms with E-state index in [4.69, 9.17) is 0 Å². The Bertz CT molecular complexity index is 717. The van der Waals surface area contributed by atoms with E-state index in [0.29, 0.717) is 11.8 Å². The molecule has 1 amide bonds. The molecule has 1 fully saturated rings. The number of quaternary nitrogens is 1. The molecule has 25 heavy (non-hydrogen) atoms. The minimum absolute atomic E-state index is 0.149. The van der Waals surface area contributed by atoms with Gasteiger partial charge in [-0.25, -0.2) is 0 Å². The van der Waals surface area contributed by atoms with Crippen LogP contribution in [0.2, 0.25) is 0 Å². The molecule has 1 unspecified atom stereocenters. The highest BCUT2D eigenvalue weighted by atomic mass is 32.2. The van der Waals surface area contributed by atoms with Gasteiger partial charge in [0.25, 0.3) is 0 Å². The molecule has 132 valence electrons. The van der Waals surface area contributed by atoms with Gasteiger partial charge >= 0.3 is 0 Å². The minimum atomic E-state index is 0.149. The van der Waals surface area contributed by atoms with Crippen molar-refractivity contribution >= 4 is 17.7 Å². The molecule has 1 aliphatic rings. The monoisotopic (exact) mass is 355 g/mol. The predicted molar refractivity (Wildman–Crippen MR) is 104 cm³/mol. The minimum Gasteiger partial charge on any atom is -0.347 e. The maximum absolute atomic E-state index is 12.3. The maximum atomic E-state index is 12.3. The molecule has 2 N–H and O–H groups in total. The first kappa shape index (κ1) is 18.0. The first-order chi connectivity index (χ1) is 12.1. The molecule has 3 nitrogen and oxygen atoms in total. The molecule has 0 aliphatic carbocycles. The number of rotatable bonds is 6. The van der Waals surface area contributed by atoms with E-state index in [1.165, 1.54) is 21.6 Å². The Labute approximate surface area is 154 Å². The number of thioether (sulfide) groups is 1. The fourth-order valence-electron chi connectivity index (χ4n) is 3.47. The third kappa shape index (κ3) is 5.35. The van der Waals surface area contributed by atoms with Crippen LogP contribution in [0, 0.1) is 13.8 Å². The Morgan fingerprint density at radius 1 is 1.20 bits per heavy atom. The second-order valence-corrected chi connectivity index (χ2v) is 7.99. The normalized spacial score (nSPS) is 19.8. The summed E-state index contributed by atoms with van der Waals surface area (Å²) in [6.45, 7) is 7.40. The molecule has 4 heteroatoms. The van der Waals surface area contributed by atoms with Crippen LogP contribution in [0.25, 0.3) is 0 Å². The van der Waals surface area contributed by atoms with Crippen LogP contribution in [-0.4, -0.2) is 30.8 Å². The van der Waals surface area contributed by atoms with E-state index in [-0.39, 0.29) is 5.91 Å². The summed E-state index contributed by atoms with van der Waals surface area (Å²) < 4.78 is 0. The number of nitrogens with one attached hydrogen (secondary N) is 2. The SMILES string of the molecule is Cc1ccc(SCC(=O)N[C@H]2CC[NH+](Cc3ccccc3)C2)c(C)c1. The van der Waals surface area contributed by atoms with Gasteiger partial charge in [0.15, 0.2) is 0 Å². The third-order valence-corrected chi connectivity index (χ3v) is 5.91. The molecule has 0 radical (unpaired) electrons. The van der Waals surface area contributed by atoms with Crippen LogP contribution in [0.4, 0.5) is 0 Å². The van der Waals surface area contributed by atoms with Crippen molar-refractivity contribution in [1.29, 1.82) is 0 Å². The lowest BCUT2D eigenvalue weighted by molar-refractivity contribution is -0.901. The molecule has 0 saturated carbocycles. The summed E-state index contributed by atoms with van der Waals surface area (Å²) in [5, 5.41) is 3.22. The summed E-state index contributed by atoms with van der Waals surface area (Å²) in [6, 6.07) is 17.3. The summed E-state index contributed by atoms with van der Waals surface area (Å²) in [5.74, 6) is 0.643. The van der Waals surface area contributed by atoms with Gasteiger partial charge in [0.1, 0.15) is 6.54 Å². The lowest BCUT2D eigenvalue weighted by Gasteiger charge is -2.14. The van der Waals surface area contributed by atoms with E-state index in [1.807, 2.05) is 0 Å². The number of hydrogen-bond acceptors (Lipinski definition) is 2. The fourth-order valence-corrected chi connectivity index (χ4v) is 4.29. The number of amides is 1. The summed E-state index contributed by atoms with van der Waals surface area (Å²) in [4.78, 5) is 15.0. The van der Waals surface area contributed by atoms with Gasteiger partial charge in [-0.3, -0.25) is 4.79 Å². The van der Waals surface area contributed by atoms with Gasteiger partial charge < -0.3 is 10.2 Å². The van der Waals surface area contributed by atoms with Crippen LogP contribution >= 0.6 is 11.8 Å². The molecule has 0 aromatic heterocycles. The molecular weight excluding hydrogens is 328 g/mol. The van der Waals surface area contributed by atoms with Crippen molar-refractivity contribution in [2.75, 3.05) is 18.8 Å². The molecule has 0 bridgehead atoms. The lowest BCUT2D eigenvalue weighted by atomic mass is 10.2. The number of aryl methyl sites for hydroxylation is 2. The van der Waals surface area contributed by atoms with Crippen LogP contribution in [0.15, 0.2) is 53.4 Å². The lowest BCUT2D eigenvalue weighted by Crippen LogP contribution is -3.09. The van der Waals surface area contributed by atoms with Crippen molar-refractivity contribution in [3.05, 3.63) is 65.2 Å². The Hall–Kier alpha value is -1.78. The molecule has 1 saturated heterocycles. The van der Waals surface area contributed by atoms with Crippen molar-refractivity contribution < 1.29 is 9.69 Å². The molecule has 2 aromatic rings. The summed E-state index contributed by atoms with van der Waals surface area (Å²) in [7, 11) is 0. The van der Waals surface area contributed by atoms with Crippen molar-refractivity contribution in [3.63, 3.8) is 0 Å². The number of hydrogen-bond donors (Lipinski definition) is 2. The van der Waals surface area contributed by atoms with Crippen LogP contribution in [0.1, 0.15) is 23.1 Å². The number of benzene rings is 2. The summed E-state index contributed by atoms with van der Waals surface area (Å²) >= 11 is 1.63. The zero-order valence-electron chi connectivity index (χ0n) is 15.0. The topological polar surface area (TPSA) is 33.5 Å². The molecule has 2 atom stereocenters. The molecule has 2 aromatic carbocycles. The van der Waals surface area contributed by atoms with E-state index in [9.17, 15) is 4.79 Å². The number of carbonyl (C=O) groups is 1. The Balaban J connectivity index is 1.43. The van der Waals surface area contributed by atoms with Crippen molar-refractivity contribution in [2.45, 2.75) is 37.8 Å². The van der Waals surface area contributed by atoms with E-state index >= 15 is 0 Å². The van der Waals surface area contributed by atoms with Crippen LogP contribution in [0.5, 0.6) is 0 Å². The highest BCUT2D eigenvalue weighted by Gasteiger charge is 2.27. The second kappa shape index (κ2) is 8.54. The van der Waals surface area contributed by atoms with Gasteiger partial charge in [-0.05, 0) is 25.5 Å². The molecule has 0 spiro atoms. The highest BCUT2D eigenvalue weighted by molar-refractivity contribution is 8.00. The average Bonchev–Trinajstić information content (AvgIpc) is 3.02. The predicted octanol–water partition coefficient (Wildman–Crippen LogP) is 2.37. The van der Waals surface area contributed by atoms with Crippen molar-refractivity contribution in [1.82, 2.24) is 5.32 Å².